The Labute approximate surface area is 102 Å². The van der Waals surface area contributed by atoms with Crippen molar-refractivity contribution >= 4 is 39.4 Å². The molecular weight excluding hydrogens is 240 g/mol. The average Bonchev–Trinajstić information content (AvgIpc) is 2.67. The third-order valence-corrected chi connectivity index (χ3v) is 2.94. The van der Waals surface area contributed by atoms with Crippen LogP contribution in [-0.2, 0) is 0 Å². The number of nitrogen functional groups attached to an aromatic ring is 1. The molecule has 0 aliphatic rings. The first-order chi connectivity index (χ1) is 8.19. The number of ether oxygens (including phenoxy) is 1. The molecule has 3 N–H and O–H groups in total. The van der Waals surface area contributed by atoms with Crippen molar-refractivity contribution in [2.45, 2.75) is 0 Å². The molecule has 0 unspecified atom stereocenters. The molecule has 3 rings (SSSR count). The first kappa shape index (κ1) is 10.2. The van der Waals surface area contributed by atoms with Gasteiger partial charge in [0.2, 0.25) is 0 Å². The molecule has 0 saturated heterocycles. The van der Waals surface area contributed by atoms with Crippen molar-refractivity contribution < 1.29 is 4.74 Å². The van der Waals surface area contributed by atoms with Gasteiger partial charge in [-0.15, -0.1) is 0 Å². The summed E-state index contributed by atoms with van der Waals surface area (Å²) in [6.45, 7) is 0. The zero-order chi connectivity index (χ0) is 12.0. The molecule has 0 amide bonds. The Morgan fingerprint density at radius 1 is 1.35 bits per heavy atom. The lowest BCUT2D eigenvalue weighted by atomic mass is 10.2. The van der Waals surface area contributed by atoms with Gasteiger partial charge < -0.3 is 10.5 Å². The van der Waals surface area contributed by atoms with Gasteiger partial charge in [-0.1, -0.05) is 11.6 Å². The number of H-pyrrole nitrogens is 1. The summed E-state index contributed by atoms with van der Waals surface area (Å²) in [5.41, 5.74) is 7.09. The number of fused-ring (bicyclic) bond motifs is 2. The van der Waals surface area contributed by atoms with Crippen LogP contribution in [0.4, 0.5) is 5.82 Å². The number of rotatable bonds is 1. The SMILES string of the molecule is COc1cc2cc3c(N)[nH]nc3nc2cc1Cl. The minimum atomic E-state index is 0.503. The van der Waals surface area contributed by atoms with Gasteiger partial charge in [0.15, 0.2) is 5.65 Å². The van der Waals surface area contributed by atoms with E-state index in [0.717, 1.165) is 16.3 Å². The molecule has 0 aliphatic carbocycles. The molecule has 1 aromatic carbocycles. The van der Waals surface area contributed by atoms with Crippen LogP contribution in [0, 0.1) is 0 Å². The minimum absolute atomic E-state index is 0.503. The Morgan fingerprint density at radius 3 is 2.94 bits per heavy atom. The third-order valence-electron chi connectivity index (χ3n) is 2.64. The fourth-order valence-corrected chi connectivity index (χ4v) is 2.01. The molecule has 0 saturated carbocycles. The van der Waals surface area contributed by atoms with E-state index in [2.05, 4.69) is 15.2 Å². The number of hydrogen-bond acceptors (Lipinski definition) is 4. The van der Waals surface area contributed by atoms with Crippen LogP contribution in [0.3, 0.4) is 0 Å². The maximum absolute atomic E-state index is 6.04. The number of nitrogens with two attached hydrogens (primary N) is 1. The van der Waals surface area contributed by atoms with Gasteiger partial charge in [0, 0.05) is 5.39 Å². The minimum Gasteiger partial charge on any atom is -0.495 e. The first-order valence-electron chi connectivity index (χ1n) is 4.97. The number of aromatic amines is 1. The zero-order valence-electron chi connectivity index (χ0n) is 8.99. The van der Waals surface area contributed by atoms with E-state index < -0.39 is 0 Å². The number of anilines is 1. The van der Waals surface area contributed by atoms with Gasteiger partial charge in [0.05, 0.1) is 23.0 Å². The van der Waals surface area contributed by atoms with E-state index in [1.54, 1.807) is 13.2 Å². The highest BCUT2D eigenvalue weighted by atomic mass is 35.5. The van der Waals surface area contributed by atoms with Crippen molar-refractivity contribution in [1.82, 2.24) is 15.2 Å². The Hall–Kier alpha value is -2.01. The van der Waals surface area contributed by atoms with E-state index in [0.29, 0.717) is 22.2 Å². The lowest BCUT2D eigenvalue weighted by Gasteiger charge is -2.04. The van der Waals surface area contributed by atoms with Gasteiger partial charge in [-0.2, -0.15) is 5.10 Å². The molecule has 17 heavy (non-hydrogen) atoms. The zero-order valence-corrected chi connectivity index (χ0v) is 9.75. The van der Waals surface area contributed by atoms with Crippen molar-refractivity contribution in [3.8, 4) is 5.75 Å². The highest BCUT2D eigenvalue weighted by Crippen LogP contribution is 2.31. The van der Waals surface area contributed by atoms with E-state index in [1.807, 2.05) is 12.1 Å². The number of hydrogen-bond donors (Lipinski definition) is 2. The summed E-state index contributed by atoms with van der Waals surface area (Å²) in [6, 6.07) is 5.49. The van der Waals surface area contributed by atoms with Crippen molar-refractivity contribution in [2.75, 3.05) is 12.8 Å². The maximum Gasteiger partial charge on any atom is 0.183 e. The van der Waals surface area contributed by atoms with Crippen LogP contribution in [0.25, 0.3) is 21.9 Å². The van der Waals surface area contributed by atoms with Gasteiger partial charge in [-0.3, -0.25) is 5.10 Å². The molecule has 5 nitrogen and oxygen atoms in total. The molecule has 3 aromatic rings. The van der Waals surface area contributed by atoms with E-state index in [9.17, 15) is 0 Å². The third kappa shape index (κ3) is 1.47. The van der Waals surface area contributed by atoms with Crippen LogP contribution in [0.1, 0.15) is 0 Å². The maximum atomic E-state index is 6.04. The highest BCUT2D eigenvalue weighted by Gasteiger charge is 2.09. The summed E-state index contributed by atoms with van der Waals surface area (Å²) in [5, 5.41) is 8.93. The van der Waals surface area contributed by atoms with Crippen LogP contribution >= 0.6 is 11.6 Å². The number of nitrogens with zero attached hydrogens (tertiary/aromatic N) is 2. The number of pyridine rings is 1. The topological polar surface area (TPSA) is 76.8 Å². The summed E-state index contributed by atoms with van der Waals surface area (Å²) in [7, 11) is 1.57. The van der Waals surface area contributed by atoms with Crippen molar-refractivity contribution in [3.05, 3.63) is 23.2 Å². The van der Waals surface area contributed by atoms with Crippen LogP contribution in [0.2, 0.25) is 5.02 Å². The number of nitrogens with one attached hydrogen (secondary N) is 1. The first-order valence-corrected chi connectivity index (χ1v) is 5.34. The second-order valence-corrected chi connectivity index (χ2v) is 4.08. The molecule has 0 spiro atoms. The normalized spacial score (nSPS) is 11.2. The standard InChI is InChI=1S/C11H9ClN4O/c1-17-9-3-5-2-6-10(13)15-16-11(6)14-8(5)4-7(9)12/h2-4H,1H3,(H3,13,14,15,16). The van der Waals surface area contributed by atoms with E-state index >= 15 is 0 Å². The monoisotopic (exact) mass is 248 g/mol. The number of halogens is 1. The number of aromatic nitrogens is 3. The summed E-state index contributed by atoms with van der Waals surface area (Å²) < 4.78 is 5.16. The predicted octanol–water partition coefficient (Wildman–Crippen LogP) is 2.36. The molecule has 86 valence electrons. The fourth-order valence-electron chi connectivity index (χ4n) is 1.78. The highest BCUT2D eigenvalue weighted by molar-refractivity contribution is 6.32. The van der Waals surface area contributed by atoms with Gasteiger partial charge in [0.25, 0.3) is 0 Å². The smallest absolute Gasteiger partial charge is 0.183 e. The van der Waals surface area contributed by atoms with Crippen LogP contribution in [-0.4, -0.2) is 22.3 Å². The molecule has 0 radical (unpaired) electrons. The Morgan fingerprint density at radius 2 is 2.18 bits per heavy atom. The Kier molecular flexibility index (Phi) is 2.09. The van der Waals surface area contributed by atoms with Crippen LogP contribution in [0.15, 0.2) is 18.2 Å². The van der Waals surface area contributed by atoms with Crippen molar-refractivity contribution in [1.29, 1.82) is 0 Å². The number of methoxy groups -OCH3 is 1. The molecule has 2 aromatic heterocycles. The van der Waals surface area contributed by atoms with Crippen molar-refractivity contribution in [3.63, 3.8) is 0 Å². The molecule has 0 atom stereocenters. The van der Waals surface area contributed by atoms with Gasteiger partial charge >= 0.3 is 0 Å². The van der Waals surface area contributed by atoms with E-state index in [4.69, 9.17) is 22.1 Å². The lowest BCUT2D eigenvalue weighted by molar-refractivity contribution is 0.415. The second kappa shape index (κ2) is 3.49. The summed E-state index contributed by atoms with van der Waals surface area (Å²) in [5.74, 6) is 1.12. The van der Waals surface area contributed by atoms with Crippen molar-refractivity contribution in [2.24, 2.45) is 0 Å². The Balaban J connectivity index is 2.41. The number of benzene rings is 1. The summed E-state index contributed by atoms with van der Waals surface area (Å²) >= 11 is 6.04. The molecule has 0 fully saturated rings. The second-order valence-electron chi connectivity index (χ2n) is 3.68. The molecular formula is C11H9ClN4O. The molecule has 6 heteroatoms. The van der Waals surface area contributed by atoms with Gasteiger partial charge in [0.1, 0.15) is 11.6 Å². The predicted molar refractivity (Wildman–Crippen MR) is 67.4 cm³/mol. The molecule has 2 heterocycles. The average molecular weight is 249 g/mol. The van der Waals surface area contributed by atoms with E-state index in [1.165, 1.54) is 0 Å². The van der Waals surface area contributed by atoms with Gasteiger partial charge in [-0.05, 0) is 18.2 Å². The van der Waals surface area contributed by atoms with Gasteiger partial charge in [-0.25, -0.2) is 4.98 Å². The largest absolute Gasteiger partial charge is 0.495 e. The molecule has 0 bridgehead atoms. The Bertz CT molecular complexity index is 722. The summed E-state index contributed by atoms with van der Waals surface area (Å²) in [6.07, 6.45) is 0. The van der Waals surface area contributed by atoms with Crippen LogP contribution in [0.5, 0.6) is 5.75 Å². The van der Waals surface area contributed by atoms with Crippen LogP contribution < -0.4 is 10.5 Å². The van der Waals surface area contributed by atoms with E-state index in [-0.39, 0.29) is 0 Å². The quantitative estimate of drug-likeness (QED) is 0.693. The summed E-state index contributed by atoms with van der Waals surface area (Å²) in [4.78, 5) is 4.37. The fraction of sp³-hybridized carbons (Fsp3) is 0.0909. The molecule has 0 aliphatic heterocycles. The lowest BCUT2D eigenvalue weighted by Crippen LogP contribution is -1.88.